The minimum atomic E-state index is -3.92. The van der Waals surface area contributed by atoms with Crippen molar-refractivity contribution >= 4 is 27.5 Å². The molecule has 1 aromatic carbocycles. The molecule has 3 rings (SSSR count). The van der Waals surface area contributed by atoms with Crippen molar-refractivity contribution in [2.75, 3.05) is 14.2 Å². The standard InChI is InChI=1S/C17H23ClN2O4S/c1-19(24-2)25(22,23)16-11-12(7-10-15(16)18)17(21)20(14-8-9-14)13-5-3-4-6-13/h7,10-11,13-14H,3-6,8-9H2,1-2H3. The number of benzene rings is 1. The number of sulfonamides is 1. The third kappa shape index (κ3) is 3.69. The Morgan fingerprint density at radius 2 is 1.76 bits per heavy atom. The smallest absolute Gasteiger partial charge is 0.266 e. The van der Waals surface area contributed by atoms with Gasteiger partial charge in [-0.2, -0.15) is 0 Å². The van der Waals surface area contributed by atoms with Crippen LogP contribution in [0.2, 0.25) is 5.02 Å². The number of hydrogen-bond acceptors (Lipinski definition) is 4. The average Bonchev–Trinajstić information content (AvgIpc) is 3.28. The molecule has 0 aliphatic heterocycles. The zero-order valence-electron chi connectivity index (χ0n) is 14.4. The van der Waals surface area contributed by atoms with Crippen LogP contribution < -0.4 is 0 Å². The molecule has 2 fully saturated rings. The van der Waals surface area contributed by atoms with Gasteiger partial charge in [0.05, 0.1) is 12.1 Å². The Kier molecular flexibility index (Phi) is 5.39. The van der Waals surface area contributed by atoms with Crippen molar-refractivity contribution in [3.8, 4) is 0 Å². The molecule has 0 spiro atoms. The largest absolute Gasteiger partial charge is 0.333 e. The highest BCUT2D eigenvalue weighted by Gasteiger charge is 2.39. The molecule has 1 amide bonds. The van der Waals surface area contributed by atoms with Gasteiger partial charge in [0.25, 0.3) is 15.9 Å². The number of nitrogens with zero attached hydrogens (tertiary/aromatic N) is 2. The fourth-order valence-corrected chi connectivity index (χ4v) is 4.86. The molecule has 1 aromatic rings. The van der Waals surface area contributed by atoms with Gasteiger partial charge in [-0.25, -0.2) is 8.42 Å². The minimum absolute atomic E-state index is 0.0688. The van der Waals surface area contributed by atoms with Crippen LogP contribution in [0.4, 0.5) is 0 Å². The molecular weight excluding hydrogens is 364 g/mol. The van der Waals surface area contributed by atoms with Crippen molar-refractivity contribution in [1.29, 1.82) is 0 Å². The Bertz CT molecular complexity index is 758. The quantitative estimate of drug-likeness (QED) is 0.704. The van der Waals surface area contributed by atoms with E-state index in [0.717, 1.165) is 43.0 Å². The maximum absolute atomic E-state index is 13.1. The lowest BCUT2D eigenvalue weighted by Gasteiger charge is -2.29. The number of carbonyl (C=O) groups is 1. The molecule has 25 heavy (non-hydrogen) atoms. The van der Waals surface area contributed by atoms with Crippen molar-refractivity contribution in [2.45, 2.75) is 55.5 Å². The summed E-state index contributed by atoms with van der Waals surface area (Å²) in [5.41, 5.74) is 0.353. The van der Waals surface area contributed by atoms with E-state index in [0.29, 0.717) is 5.56 Å². The van der Waals surface area contributed by atoms with E-state index in [1.807, 2.05) is 4.90 Å². The summed E-state index contributed by atoms with van der Waals surface area (Å²) in [6.07, 6.45) is 6.36. The second kappa shape index (κ2) is 7.23. The van der Waals surface area contributed by atoms with Crippen molar-refractivity contribution in [3.05, 3.63) is 28.8 Å². The lowest BCUT2D eigenvalue weighted by Crippen LogP contribution is -2.40. The lowest BCUT2D eigenvalue weighted by atomic mass is 10.1. The molecule has 2 aliphatic rings. The number of hydrogen-bond donors (Lipinski definition) is 0. The van der Waals surface area contributed by atoms with E-state index in [4.69, 9.17) is 16.4 Å². The molecular formula is C17H23ClN2O4S. The van der Waals surface area contributed by atoms with E-state index in [1.54, 1.807) is 6.07 Å². The predicted octanol–water partition coefficient (Wildman–Crippen LogP) is 3.07. The molecule has 138 valence electrons. The van der Waals surface area contributed by atoms with Gasteiger partial charge in [0, 0.05) is 24.7 Å². The van der Waals surface area contributed by atoms with E-state index in [1.165, 1.54) is 26.3 Å². The van der Waals surface area contributed by atoms with Gasteiger partial charge in [0.15, 0.2) is 0 Å². The molecule has 0 atom stereocenters. The Hall–Kier alpha value is -1.15. The molecule has 6 nitrogen and oxygen atoms in total. The van der Waals surface area contributed by atoms with Crippen LogP contribution >= 0.6 is 11.6 Å². The van der Waals surface area contributed by atoms with Gasteiger partial charge in [-0.05, 0) is 43.9 Å². The van der Waals surface area contributed by atoms with E-state index in [9.17, 15) is 13.2 Å². The SMILES string of the molecule is CON(C)S(=O)(=O)c1cc(C(=O)N(C2CCCC2)C2CC2)ccc1Cl. The second-order valence-corrected chi connectivity index (χ2v) is 8.94. The number of rotatable bonds is 6. The van der Waals surface area contributed by atoms with Crippen LogP contribution in [0, 0.1) is 0 Å². The molecule has 0 unspecified atom stereocenters. The van der Waals surface area contributed by atoms with Gasteiger partial charge in [-0.3, -0.25) is 9.63 Å². The summed E-state index contributed by atoms with van der Waals surface area (Å²) in [6, 6.07) is 4.97. The lowest BCUT2D eigenvalue weighted by molar-refractivity contribution is -0.0258. The normalized spacial score (nSPS) is 18.7. The summed E-state index contributed by atoms with van der Waals surface area (Å²) in [6.45, 7) is 0. The molecule has 0 heterocycles. The fraction of sp³-hybridized carbons (Fsp3) is 0.588. The molecule has 0 aromatic heterocycles. The zero-order chi connectivity index (χ0) is 18.2. The average molecular weight is 387 g/mol. The number of halogens is 1. The van der Waals surface area contributed by atoms with Crippen molar-refractivity contribution in [2.24, 2.45) is 0 Å². The van der Waals surface area contributed by atoms with Gasteiger partial charge in [0.1, 0.15) is 4.90 Å². The van der Waals surface area contributed by atoms with Crippen LogP contribution in [0.5, 0.6) is 0 Å². The predicted molar refractivity (Wildman–Crippen MR) is 94.9 cm³/mol. The number of carbonyl (C=O) groups excluding carboxylic acids is 1. The van der Waals surface area contributed by atoms with E-state index in [-0.39, 0.29) is 27.9 Å². The highest BCUT2D eigenvalue weighted by Crippen LogP contribution is 2.36. The molecule has 2 aliphatic carbocycles. The van der Waals surface area contributed by atoms with Crippen LogP contribution in [0.1, 0.15) is 48.9 Å². The van der Waals surface area contributed by atoms with Crippen molar-refractivity contribution in [3.63, 3.8) is 0 Å². The van der Waals surface area contributed by atoms with Crippen molar-refractivity contribution < 1.29 is 18.0 Å². The van der Waals surface area contributed by atoms with E-state index < -0.39 is 10.0 Å². The van der Waals surface area contributed by atoms with Crippen LogP contribution in [0.15, 0.2) is 23.1 Å². The molecule has 0 saturated heterocycles. The fourth-order valence-electron chi connectivity index (χ4n) is 3.38. The van der Waals surface area contributed by atoms with Crippen LogP contribution in [-0.2, 0) is 14.9 Å². The molecule has 8 heteroatoms. The Balaban J connectivity index is 1.94. The second-order valence-electron chi connectivity index (χ2n) is 6.62. The van der Waals surface area contributed by atoms with Gasteiger partial charge in [-0.1, -0.05) is 28.9 Å². The number of amides is 1. The minimum Gasteiger partial charge on any atom is -0.333 e. The van der Waals surface area contributed by atoms with Gasteiger partial charge >= 0.3 is 0 Å². The summed E-state index contributed by atoms with van der Waals surface area (Å²) in [5.74, 6) is -0.109. The van der Waals surface area contributed by atoms with Crippen LogP contribution in [-0.4, -0.2) is 49.9 Å². The summed E-state index contributed by atoms with van der Waals surface area (Å²) < 4.78 is 25.8. The molecule has 2 saturated carbocycles. The highest BCUT2D eigenvalue weighted by molar-refractivity contribution is 7.89. The van der Waals surface area contributed by atoms with E-state index in [2.05, 4.69) is 0 Å². The monoisotopic (exact) mass is 386 g/mol. The first-order valence-corrected chi connectivity index (χ1v) is 10.3. The first-order valence-electron chi connectivity index (χ1n) is 8.51. The van der Waals surface area contributed by atoms with Gasteiger partial charge in [-0.15, -0.1) is 0 Å². The summed E-state index contributed by atoms with van der Waals surface area (Å²) >= 11 is 6.08. The molecule has 0 radical (unpaired) electrons. The first kappa shape index (κ1) is 18.6. The first-order chi connectivity index (χ1) is 11.9. The molecule has 0 N–H and O–H groups in total. The van der Waals surface area contributed by atoms with E-state index >= 15 is 0 Å². The van der Waals surface area contributed by atoms with Gasteiger partial charge < -0.3 is 4.90 Å². The van der Waals surface area contributed by atoms with Crippen LogP contribution in [0.25, 0.3) is 0 Å². The number of hydroxylamine groups is 1. The Labute approximate surface area is 153 Å². The Morgan fingerprint density at radius 3 is 2.32 bits per heavy atom. The molecule has 0 bridgehead atoms. The summed E-state index contributed by atoms with van der Waals surface area (Å²) in [7, 11) is -1.37. The van der Waals surface area contributed by atoms with Crippen molar-refractivity contribution in [1.82, 2.24) is 9.37 Å². The maximum atomic E-state index is 13.1. The van der Waals surface area contributed by atoms with Crippen LogP contribution in [0.3, 0.4) is 0 Å². The third-order valence-corrected chi connectivity index (χ3v) is 7.11. The summed E-state index contributed by atoms with van der Waals surface area (Å²) in [5, 5.41) is 0.0688. The highest BCUT2D eigenvalue weighted by atomic mass is 35.5. The summed E-state index contributed by atoms with van der Waals surface area (Å²) in [4.78, 5) is 19.7. The zero-order valence-corrected chi connectivity index (χ0v) is 16.0. The van der Waals surface area contributed by atoms with Gasteiger partial charge in [0.2, 0.25) is 0 Å². The topological polar surface area (TPSA) is 66.9 Å². The third-order valence-electron chi connectivity index (χ3n) is 4.94. The Morgan fingerprint density at radius 1 is 1.16 bits per heavy atom. The maximum Gasteiger partial charge on any atom is 0.266 e.